The molecule has 0 saturated heterocycles. The van der Waals surface area contributed by atoms with Gasteiger partial charge >= 0.3 is 0 Å². The number of anilines is 1. The molecule has 0 radical (unpaired) electrons. The summed E-state index contributed by atoms with van der Waals surface area (Å²) in [6, 6.07) is 6.50. The smallest absolute Gasteiger partial charge is 0.175 e. The summed E-state index contributed by atoms with van der Waals surface area (Å²) in [6.45, 7) is 7.23. The van der Waals surface area contributed by atoms with Gasteiger partial charge in [0.1, 0.15) is 0 Å². The van der Waals surface area contributed by atoms with Crippen LogP contribution in [0, 0.1) is 0 Å². The van der Waals surface area contributed by atoms with Crippen LogP contribution < -0.4 is 5.32 Å². The number of rotatable bonds is 4. The van der Waals surface area contributed by atoms with Crippen LogP contribution in [0.15, 0.2) is 29.2 Å². The zero-order chi connectivity index (χ0) is 14.2. The Kier molecular flexibility index (Phi) is 3.79. The Labute approximate surface area is 109 Å². The van der Waals surface area contributed by atoms with Crippen molar-refractivity contribution in [1.29, 1.82) is 0 Å². The van der Waals surface area contributed by atoms with Gasteiger partial charge in [-0.05, 0) is 52.0 Å². The zero-order valence-corrected chi connectivity index (χ0v) is 12.3. The molecule has 0 unspecified atom stereocenters. The van der Waals surface area contributed by atoms with Crippen molar-refractivity contribution in [1.82, 2.24) is 0 Å². The monoisotopic (exact) mass is 271 g/mol. The first-order valence-corrected chi connectivity index (χ1v) is 7.63. The lowest BCUT2D eigenvalue weighted by Crippen LogP contribution is -2.51. The molecule has 0 aliphatic rings. The van der Waals surface area contributed by atoms with Crippen LogP contribution in [0.2, 0.25) is 0 Å². The van der Waals surface area contributed by atoms with E-state index < -0.39 is 21.0 Å². The average Bonchev–Trinajstić information content (AvgIpc) is 2.14. The third-order valence-corrected chi connectivity index (χ3v) is 4.40. The zero-order valence-electron chi connectivity index (χ0n) is 11.5. The van der Waals surface area contributed by atoms with E-state index in [4.69, 9.17) is 0 Å². The lowest BCUT2D eigenvalue weighted by Gasteiger charge is -2.38. The second-order valence-corrected chi connectivity index (χ2v) is 7.62. The molecule has 102 valence electrons. The fourth-order valence-corrected chi connectivity index (χ4v) is 1.93. The molecule has 0 amide bonds. The molecule has 1 rings (SSSR count). The standard InChI is InChI=1S/C13H21NO3S/c1-12(2,13(3,4)15)14-10-6-8-11(9-7-10)18(5,16)17/h6-9,14-15H,1-5H3. The number of benzene rings is 1. The Bertz CT molecular complexity index is 510. The van der Waals surface area contributed by atoms with Gasteiger partial charge in [-0.15, -0.1) is 0 Å². The molecule has 0 aromatic heterocycles. The van der Waals surface area contributed by atoms with Crippen molar-refractivity contribution in [3.8, 4) is 0 Å². The van der Waals surface area contributed by atoms with Gasteiger partial charge in [0.15, 0.2) is 9.84 Å². The number of hydrogen-bond acceptors (Lipinski definition) is 4. The molecule has 0 bridgehead atoms. The first-order valence-electron chi connectivity index (χ1n) is 5.74. The van der Waals surface area contributed by atoms with Gasteiger partial charge in [-0.25, -0.2) is 8.42 Å². The molecule has 5 heteroatoms. The molecule has 4 nitrogen and oxygen atoms in total. The van der Waals surface area contributed by atoms with Crippen LogP contribution in [-0.2, 0) is 9.84 Å². The highest BCUT2D eigenvalue weighted by molar-refractivity contribution is 7.90. The molecule has 0 aliphatic carbocycles. The minimum absolute atomic E-state index is 0.286. The molecular formula is C13H21NO3S. The van der Waals surface area contributed by atoms with Crippen LogP contribution in [0.1, 0.15) is 27.7 Å². The first kappa shape index (κ1) is 15.0. The summed E-state index contributed by atoms with van der Waals surface area (Å²) < 4.78 is 22.7. The Morgan fingerprint density at radius 2 is 1.50 bits per heavy atom. The van der Waals surface area contributed by atoms with E-state index >= 15 is 0 Å². The SMILES string of the molecule is CC(C)(O)C(C)(C)Nc1ccc(S(C)(=O)=O)cc1. The van der Waals surface area contributed by atoms with Gasteiger partial charge in [-0.3, -0.25) is 0 Å². The summed E-state index contributed by atoms with van der Waals surface area (Å²) in [5, 5.41) is 13.2. The van der Waals surface area contributed by atoms with Crippen molar-refractivity contribution in [3.05, 3.63) is 24.3 Å². The van der Waals surface area contributed by atoms with E-state index in [0.717, 1.165) is 5.69 Å². The van der Waals surface area contributed by atoms with Gasteiger partial charge in [0.2, 0.25) is 0 Å². The summed E-state index contributed by atoms with van der Waals surface area (Å²) in [6.07, 6.45) is 1.18. The van der Waals surface area contributed by atoms with Crippen molar-refractivity contribution < 1.29 is 13.5 Å². The summed E-state index contributed by atoms with van der Waals surface area (Å²) in [7, 11) is -3.17. The highest BCUT2D eigenvalue weighted by atomic mass is 32.2. The molecule has 0 saturated carbocycles. The van der Waals surface area contributed by atoms with Gasteiger partial charge in [0.25, 0.3) is 0 Å². The van der Waals surface area contributed by atoms with E-state index in [-0.39, 0.29) is 4.90 Å². The fraction of sp³-hybridized carbons (Fsp3) is 0.538. The van der Waals surface area contributed by atoms with Crippen molar-refractivity contribution in [2.75, 3.05) is 11.6 Å². The van der Waals surface area contributed by atoms with Crippen LogP contribution >= 0.6 is 0 Å². The largest absolute Gasteiger partial charge is 0.388 e. The number of hydrogen-bond donors (Lipinski definition) is 2. The maximum Gasteiger partial charge on any atom is 0.175 e. The summed E-state index contributed by atoms with van der Waals surface area (Å²) in [4.78, 5) is 0.286. The second kappa shape index (κ2) is 4.55. The summed E-state index contributed by atoms with van der Waals surface area (Å²) in [5.41, 5.74) is -0.656. The van der Waals surface area contributed by atoms with Gasteiger partial charge in [0.05, 0.1) is 16.0 Å². The van der Waals surface area contributed by atoms with Crippen molar-refractivity contribution in [2.24, 2.45) is 0 Å². The molecule has 2 N–H and O–H groups in total. The molecule has 0 heterocycles. The predicted octanol–water partition coefficient (Wildman–Crippen LogP) is 2.05. The molecule has 0 fully saturated rings. The molecule has 0 atom stereocenters. The third-order valence-electron chi connectivity index (χ3n) is 3.27. The molecule has 1 aromatic rings. The molecule has 18 heavy (non-hydrogen) atoms. The summed E-state index contributed by atoms with van der Waals surface area (Å²) >= 11 is 0. The normalized spacial score (nSPS) is 13.4. The number of aliphatic hydroxyl groups is 1. The predicted molar refractivity (Wildman–Crippen MR) is 73.6 cm³/mol. The number of nitrogens with one attached hydrogen (secondary N) is 1. The van der Waals surface area contributed by atoms with Crippen molar-refractivity contribution in [3.63, 3.8) is 0 Å². The van der Waals surface area contributed by atoms with E-state index in [1.54, 1.807) is 38.1 Å². The van der Waals surface area contributed by atoms with Crippen LogP contribution in [-0.4, -0.2) is 30.9 Å². The lowest BCUT2D eigenvalue weighted by atomic mass is 9.86. The Morgan fingerprint density at radius 1 is 1.06 bits per heavy atom. The van der Waals surface area contributed by atoms with Crippen molar-refractivity contribution >= 4 is 15.5 Å². The van der Waals surface area contributed by atoms with E-state index in [0.29, 0.717) is 0 Å². The van der Waals surface area contributed by atoms with Gasteiger partial charge in [0, 0.05) is 11.9 Å². The molecular weight excluding hydrogens is 250 g/mol. The van der Waals surface area contributed by atoms with E-state index in [2.05, 4.69) is 5.32 Å². The Hall–Kier alpha value is -1.07. The number of sulfone groups is 1. The van der Waals surface area contributed by atoms with Crippen LogP contribution in [0.4, 0.5) is 5.69 Å². The topological polar surface area (TPSA) is 66.4 Å². The average molecular weight is 271 g/mol. The van der Waals surface area contributed by atoms with Crippen molar-refractivity contribution in [2.45, 2.75) is 43.7 Å². The highest BCUT2D eigenvalue weighted by Crippen LogP contribution is 2.26. The maximum absolute atomic E-state index is 11.3. The highest BCUT2D eigenvalue weighted by Gasteiger charge is 2.34. The van der Waals surface area contributed by atoms with Crippen LogP contribution in [0.25, 0.3) is 0 Å². The van der Waals surface area contributed by atoms with E-state index in [1.165, 1.54) is 6.26 Å². The van der Waals surface area contributed by atoms with E-state index in [1.807, 2.05) is 13.8 Å². The molecule has 0 spiro atoms. The Balaban J connectivity index is 2.95. The second-order valence-electron chi connectivity index (χ2n) is 5.61. The lowest BCUT2D eigenvalue weighted by molar-refractivity contribution is 0.0240. The molecule has 1 aromatic carbocycles. The van der Waals surface area contributed by atoms with E-state index in [9.17, 15) is 13.5 Å². The maximum atomic E-state index is 11.3. The van der Waals surface area contributed by atoms with Gasteiger partial charge in [-0.1, -0.05) is 0 Å². The van der Waals surface area contributed by atoms with Gasteiger partial charge in [-0.2, -0.15) is 0 Å². The minimum Gasteiger partial charge on any atom is -0.388 e. The van der Waals surface area contributed by atoms with Gasteiger partial charge < -0.3 is 10.4 Å². The Morgan fingerprint density at radius 3 is 1.83 bits per heavy atom. The molecule has 0 aliphatic heterocycles. The summed E-state index contributed by atoms with van der Waals surface area (Å²) in [5.74, 6) is 0. The third kappa shape index (κ3) is 3.46. The first-order chi connectivity index (χ1) is 7.93. The van der Waals surface area contributed by atoms with Crippen LogP contribution in [0.3, 0.4) is 0 Å². The van der Waals surface area contributed by atoms with Crippen LogP contribution in [0.5, 0.6) is 0 Å². The quantitative estimate of drug-likeness (QED) is 0.879. The minimum atomic E-state index is -3.17. The fourth-order valence-electron chi connectivity index (χ4n) is 1.30.